The van der Waals surface area contributed by atoms with E-state index in [4.69, 9.17) is 4.52 Å². The molecule has 1 amide bonds. The van der Waals surface area contributed by atoms with Crippen molar-refractivity contribution in [2.45, 2.75) is 52.0 Å². The highest BCUT2D eigenvalue weighted by Gasteiger charge is 2.34. The Hall–Kier alpha value is -2.95. The number of carbonyl (C=O) groups excluding carboxylic acids is 1. The van der Waals surface area contributed by atoms with Gasteiger partial charge in [0.1, 0.15) is 6.04 Å². The molecule has 0 unspecified atom stereocenters. The molecule has 0 radical (unpaired) electrons. The van der Waals surface area contributed by atoms with Gasteiger partial charge in [0.2, 0.25) is 11.7 Å². The Balaban J connectivity index is 1.55. The van der Waals surface area contributed by atoms with E-state index in [0.717, 1.165) is 18.4 Å². The van der Waals surface area contributed by atoms with E-state index in [1.807, 2.05) is 60.4 Å². The lowest BCUT2D eigenvalue weighted by molar-refractivity contribution is 0.0710. The third kappa shape index (κ3) is 3.95. The summed E-state index contributed by atoms with van der Waals surface area (Å²) in [5.74, 6) is 1.09. The smallest absolute Gasteiger partial charge is 0.254 e. The minimum absolute atomic E-state index is 0.0167. The van der Waals surface area contributed by atoms with Crippen LogP contribution in [0.2, 0.25) is 0 Å². The quantitative estimate of drug-likeness (QED) is 0.608. The molecule has 1 fully saturated rings. The standard InChI is InChI=1S/C24H27N3O2/c1-16-7-9-17(10-8-16)21-25-22(29-26-21)20-6-5-15-27(20)23(28)18-11-13-19(14-12-18)24(2,3)4/h7-14,20H,5-6,15H2,1-4H3/t20-/m1/s1. The molecule has 5 heteroatoms. The van der Waals surface area contributed by atoms with Crippen LogP contribution in [0.1, 0.15) is 67.0 Å². The van der Waals surface area contributed by atoms with Crippen molar-refractivity contribution in [2.75, 3.05) is 6.54 Å². The maximum Gasteiger partial charge on any atom is 0.254 e. The van der Waals surface area contributed by atoms with Crippen molar-refractivity contribution >= 4 is 5.91 Å². The molecule has 150 valence electrons. The van der Waals surface area contributed by atoms with Crippen LogP contribution in [-0.2, 0) is 5.41 Å². The lowest BCUT2D eigenvalue weighted by Gasteiger charge is -2.23. The zero-order valence-corrected chi connectivity index (χ0v) is 17.5. The molecule has 1 atom stereocenters. The summed E-state index contributed by atoms with van der Waals surface area (Å²) >= 11 is 0. The Kier molecular flexibility index (Phi) is 4.99. The lowest BCUT2D eigenvalue weighted by Crippen LogP contribution is -2.30. The molecule has 29 heavy (non-hydrogen) atoms. The zero-order valence-electron chi connectivity index (χ0n) is 17.5. The number of amides is 1. The second-order valence-corrected chi connectivity index (χ2v) is 8.81. The Morgan fingerprint density at radius 2 is 1.76 bits per heavy atom. The van der Waals surface area contributed by atoms with Gasteiger partial charge in [-0.1, -0.05) is 67.9 Å². The summed E-state index contributed by atoms with van der Waals surface area (Å²) in [5, 5.41) is 4.14. The van der Waals surface area contributed by atoms with E-state index in [-0.39, 0.29) is 17.4 Å². The monoisotopic (exact) mass is 389 g/mol. The average molecular weight is 389 g/mol. The molecular formula is C24H27N3O2. The van der Waals surface area contributed by atoms with Crippen molar-refractivity contribution in [2.24, 2.45) is 0 Å². The fourth-order valence-corrected chi connectivity index (χ4v) is 3.74. The van der Waals surface area contributed by atoms with E-state index in [2.05, 4.69) is 30.9 Å². The van der Waals surface area contributed by atoms with Crippen LogP contribution in [0.25, 0.3) is 11.4 Å². The van der Waals surface area contributed by atoms with Crippen LogP contribution in [0.3, 0.4) is 0 Å². The predicted octanol–water partition coefficient (Wildman–Crippen LogP) is 5.32. The lowest BCUT2D eigenvalue weighted by atomic mass is 9.86. The van der Waals surface area contributed by atoms with Crippen LogP contribution in [0, 0.1) is 6.92 Å². The van der Waals surface area contributed by atoms with Crippen molar-refractivity contribution in [1.82, 2.24) is 15.0 Å². The van der Waals surface area contributed by atoms with Gasteiger partial charge in [-0.05, 0) is 42.9 Å². The Bertz CT molecular complexity index is 998. The molecule has 1 aromatic heterocycles. The van der Waals surface area contributed by atoms with Gasteiger partial charge in [0.15, 0.2) is 0 Å². The first-order valence-electron chi connectivity index (χ1n) is 10.1. The molecule has 0 saturated carbocycles. The predicted molar refractivity (Wildman–Crippen MR) is 113 cm³/mol. The second kappa shape index (κ2) is 7.47. The van der Waals surface area contributed by atoms with Crippen LogP contribution in [0.4, 0.5) is 0 Å². The van der Waals surface area contributed by atoms with E-state index < -0.39 is 0 Å². The van der Waals surface area contributed by atoms with E-state index in [9.17, 15) is 4.79 Å². The SMILES string of the molecule is Cc1ccc(-c2noc([C@H]3CCCN3C(=O)c3ccc(C(C)(C)C)cc3)n2)cc1. The fraction of sp³-hybridized carbons (Fsp3) is 0.375. The molecular weight excluding hydrogens is 362 g/mol. The van der Waals surface area contributed by atoms with Crippen LogP contribution in [-0.4, -0.2) is 27.5 Å². The highest BCUT2D eigenvalue weighted by molar-refractivity contribution is 5.94. The number of nitrogens with zero attached hydrogens (tertiary/aromatic N) is 3. The number of rotatable bonds is 3. The summed E-state index contributed by atoms with van der Waals surface area (Å²) in [4.78, 5) is 19.6. The summed E-state index contributed by atoms with van der Waals surface area (Å²) in [6.45, 7) is 9.25. The molecule has 4 rings (SSSR count). The van der Waals surface area contributed by atoms with Gasteiger partial charge in [-0.15, -0.1) is 0 Å². The van der Waals surface area contributed by atoms with Gasteiger partial charge < -0.3 is 9.42 Å². The van der Waals surface area contributed by atoms with Gasteiger partial charge in [0.25, 0.3) is 5.91 Å². The minimum Gasteiger partial charge on any atom is -0.337 e. The first-order valence-corrected chi connectivity index (χ1v) is 10.1. The van der Waals surface area contributed by atoms with Gasteiger partial charge in [-0.2, -0.15) is 4.98 Å². The van der Waals surface area contributed by atoms with Gasteiger partial charge in [0, 0.05) is 17.7 Å². The number of aryl methyl sites for hydroxylation is 1. The highest BCUT2D eigenvalue weighted by Crippen LogP contribution is 2.33. The van der Waals surface area contributed by atoms with Gasteiger partial charge in [0.05, 0.1) is 0 Å². The summed E-state index contributed by atoms with van der Waals surface area (Å²) in [6.07, 6.45) is 1.76. The molecule has 1 aliphatic heterocycles. The van der Waals surface area contributed by atoms with Crippen LogP contribution in [0.5, 0.6) is 0 Å². The van der Waals surface area contributed by atoms with Gasteiger partial charge in [-0.25, -0.2) is 0 Å². The molecule has 0 N–H and O–H groups in total. The van der Waals surface area contributed by atoms with Gasteiger partial charge in [-0.3, -0.25) is 4.79 Å². The number of hydrogen-bond donors (Lipinski definition) is 0. The maximum atomic E-state index is 13.1. The highest BCUT2D eigenvalue weighted by atomic mass is 16.5. The molecule has 1 aliphatic rings. The number of benzene rings is 2. The molecule has 2 heterocycles. The van der Waals surface area contributed by atoms with E-state index in [1.165, 1.54) is 11.1 Å². The van der Waals surface area contributed by atoms with Crippen molar-refractivity contribution in [3.8, 4) is 11.4 Å². The van der Waals surface area contributed by atoms with Crippen molar-refractivity contribution in [1.29, 1.82) is 0 Å². The summed E-state index contributed by atoms with van der Waals surface area (Å²) in [5.41, 5.74) is 4.07. The first kappa shape index (κ1) is 19.4. The largest absolute Gasteiger partial charge is 0.337 e. The second-order valence-electron chi connectivity index (χ2n) is 8.81. The molecule has 2 aromatic carbocycles. The van der Waals surface area contributed by atoms with E-state index >= 15 is 0 Å². The average Bonchev–Trinajstić information content (AvgIpc) is 3.37. The van der Waals surface area contributed by atoms with Crippen molar-refractivity contribution < 1.29 is 9.32 Å². The maximum absolute atomic E-state index is 13.1. The summed E-state index contributed by atoms with van der Waals surface area (Å²) in [6, 6.07) is 15.8. The zero-order chi connectivity index (χ0) is 20.6. The van der Waals surface area contributed by atoms with Crippen molar-refractivity contribution in [3.63, 3.8) is 0 Å². The minimum atomic E-state index is -0.170. The Labute approximate surface area is 171 Å². The van der Waals surface area contributed by atoms with Crippen LogP contribution < -0.4 is 0 Å². The van der Waals surface area contributed by atoms with Gasteiger partial charge >= 0.3 is 0 Å². The topological polar surface area (TPSA) is 59.2 Å². The number of carbonyl (C=O) groups is 1. The van der Waals surface area contributed by atoms with E-state index in [0.29, 0.717) is 23.8 Å². The fourth-order valence-electron chi connectivity index (χ4n) is 3.74. The molecule has 0 aliphatic carbocycles. The first-order chi connectivity index (χ1) is 13.8. The Morgan fingerprint density at radius 3 is 2.41 bits per heavy atom. The number of aromatic nitrogens is 2. The van der Waals surface area contributed by atoms with Crippen LogP contribution in [0.15, 0.2) is 53.1 Å². The normalized spacial score (nSPS) is 17.0. The summed E-state index contributed by atoms with van der Waals surface area (Å²) in [7, 11) is 0. The molecule has 3 aromatic rings. The number of hydrogen-bond acceptors (Lipinski definition) is 4. The third-order valence-electron chi connectivity index (χ3n) is 5.55. The molecule has 0 spiro atoms. The van der Waals surface area contributed by atoms with Crippen LogP contribution >= 0.6 is 0 Å². The third-order valence-corrected chi connectivity index (χ3v) is 5.55. The van der Waals surface area contributed by atoms with E-state index in [1.54, 1.807) is 0 Å². The summed E-state index contributed by atoms with van der Waals surface area (Å²) < 4.78 is 5.56. The Morgan fingerprint density at radius 1 is 1.07 bits per heavy atom. The molecule has 0 bridgehead atoms. The number of likely N-dealkylation sites (tertiary alicyclic amines) is 1. The molecule has 1 saturated heterocycles. The molecule has 5 nitrogen and oxygen atoms in total. The van der Waals surface area contributed by atoms with Crippen molar-refractivity contribution in [3.05, 3.63) is 71.1 Å².